The van der Waals surface area contributed by atoms with Crippen LogP contribution in [0.4, 0.5) is 0 Å². The second-order valence-electron chi connectivity index (χ2n) is 5.46. The summed E-state index contributed by atoms with van der Waals surface area (Å²) in [7, 11) is 1.82. The maximum Gasteiger partial charge on any atom is 0.236 e. The molecule has 0 spiro atoms. The van der Waals surface area contributed by atoms with Crippen molar-refractivity contribution < 1.29 is 4.79 Å². The van der Waals surface area contributed by atoms with Crippen molar-refractivity contribution >= 4 is 23.1 Å². The van der Waals surface area contributed by atoms with Crippen LogP contribution in [0.25, 0.3) is 0 Å². The highest BCUT2D eigenvalue weighted by molar-refractivity contribution is 7.80. The summed E-state index contributed by atoms with van der Waals surface area (Å²) in [5.74, 6) is 0.779. The van der Waals surface area contributed by atoms with Crippen LogP contribution in [0.2, 0.25) is 0 Å². The summed E-state index contributed by atoms with van der Waals surface area (Å²) in [6.45, 7) is 6.64. The second-order valence-corrected chi connectivity index (χ2v) is 5.98. The zero-order valence-electron chi connectivity index (χ0n) is 11.7. The molecule has 1 fully saturated rings. The van der Waals surface area contributed by atoms with Gasteiger partial charge in [-0.2, -0.15) is 0 Å². The monoisotopic (exact) mass is 271 g/mol. The number of nitrogens with two attached hydrogens (primary N) is 1. The standard InChI is InChI=1S/C13H25N3OS/c1-10(2)11-5-4-7-16(11)9-13(17)15(3)8-6-12(14)18/h10-11H,4-9H2,1-3H3,(H2,14,18). The van der Waals surface area contributed by atoms with Crippen LogP contribution >= 0.6 is 12.2 Å². The van der Waals surface area contributed by atoms with Crippen LogP contribution in [0, 0.1) is 5.92 Å². The van der Waals surface area contributed by atoms with E-state index in [4.69, 9.17) is 18.0 Å². The Labute approximate surface area is 115 Å². The molecule has 0 aromatic rings. The van der Waals surface area contributed by atoms with Gasteiger partial charge in [0.1, 0.15) is 0 Å². The van der Waals surface area contributed by atoms with Crippen LogP contribution in [0.1, 0.15) is 33.1 Å². The molecule has 0 bridgehead atoms. The van der Waals surface area contributed by atoms with Crippen molar-refractivity contribution in [3.8, 4) is 0 Å². The number of hydrogen-bond acceptors (Lipinski definition) is 3. The van der Waals surface area contributed by atoms with Crippen LogP contribution in [0.3, 0.4) is 0 Å². The quantitative estimate of drug-likeness (QED) is 0.739. The van der Waals surface area contributed by atoms with Gasteiger partial charge in [-0.1, -0.05) is 26.1 Å². The van der Waals surface area contributed by atoms with Gasteiger partial charge in [-0.3, -0.25) is 9.69 Å². The highest BCUT2D eigenvalue weighted by Crippen LogP contribution is 2.23. The molecule has 1 aliphatic heterocycles. The van der Waals surface area contributed by atoms with E-state index in [0.29, 0.717) is 36.5 Å². The molecule has 0 saturated carbocycles. The van der Waals surface area contributed by atoms with Crippen molar-refractivity contribution in [3.05, 3.63) is 0 Å². The molecule has 1 aliphatic rings. The molecule has 5 heteroatoms. The Hall–Kier alpha value is -0.680. The van der Waals surface area contributed by atoms with Gasteiger partial charge in [-0.25, -0.2) is 0 Å². The first-order chi connectivity index (χ1) is 8.41. The van der Waals surface area contributed by atoms with Crippen molar-refractivity contribution in [2.75, 3.05) is 26.7 Å². The summed E-state index contributed by atoms with van der Waals surface area (Å²) in [5, 5.41) is 0. The first-order valence-corrected chi connectivity index (χ1v) is 7.09. The Bertz CT molecular complexity index is 307. The molecule has 1 heterocycles. The lowest BCUT2D eigenvalue weighted by atomic mass is 10.0. The maximum atomic E-state index is 12.1. The van der Waals surface area contributed by atoms with E-state index in [0.717, 1.165) is 6.54 Å². The summed E-state index contributed by atoms with van der Waals surface area (Å²) < 4.78 is 0. The van der Waals surface area contributed by atoms with Gasteiger partial charge in [-0.05, 0) is 25.3 Å². The van der Waals surface area contributed by atoms with Crippen LogP contribution in [-0.2, 0) is 4.79 Å². The lowest BCUT2D eigenvalue weighted by molar-refractivity contribution is -0.131. The predicted molar refractivity (Wildman–Crippen MR) is 78.5 cm³/mol. The number of amides is 1. The average Bonchev–Trinajstić information content (AvgIpc) is 2.73. The normalized spacial score (nSPS) is 20.3. The molecule has 4 nitrogen and oxygen atoms in total. The van der Waals surface area contributed by atoms with E-state index in [1.807, 2.05) is 7.05 Å². The van der Waals surface area contributed by atoms with E-state index in [1.54, 1.807) is 4.90 Å². The average molecular weight is 271 g/mol. The molecule has 0 aromatic heterocycles. The Balaban J connectivity index is 2.41. The molecule has 18 heavy (non-hydrogen) atoms. The fourth-order valence-electron chi connectivity index (χ4n) is 2.50. The minimum Gasteiger partial charge on any atom is -0.393 e. The van der Waals surface area contributed by atoms with E-state index < -0.39 is 0 Å². The number of likely N-dealkylation sites (tertiary alicyclic amines) is 1. The number of rotatable bonds is 6. The minimum atomic E-state index is 0.166. The molecule has 1 saturated heterocycles. The van der Waals surface area contributed by atoms with E-state index in [1.165, 1.54) is 12.8 Å². The summed E-state index contributed by atoms with van der Waals surface area (Å²) >= 11 is 4.83. The Morgan fingerprint density at radius 1 is 1.56 bits per heavy atom. The first-order valence-electron chi connectivity index (χ1n) is 6.68. The number of hydrogen-bond donors (Lipinski definition) is 1. The Morgan fingerprint density at radius 2 is 2.22 bits per heavy atom. The molecular weight excluding hydrogens is 246 g/mol. The number of carbonyl (C=O) groups is 1. The van der Waals surface area contributed by atoms with Gasteiger partial charge in [0.25, 0.3) is 0 Å². The van der Waals surface area contributed by atoms with Gasteiger partial charge in [-0.15, -0.1) is 0 Å². The third-order valence-corrected chi connectivity index (χ3v) is 3.85. The molecule has 0 aromatic carbocycles. The van der Waals surface area contributed by atoms with Gasteiger partial charge in [0, 0.05) is 26.1 Å². The van der Waals surface area contributed by atoms with Gasteiger partial charge in [0.2, 0.25) is 5.91 Å². The zero-order valence-corrected chi connectivity index (χ0v) is 12.5. The van der Waals surface area contributed by atoms with E-state index in [2.05, 4.69) is 18.7 Å². The third kappa shape index (κ3) is 4.53. The van der Waals surface area contributed by atoms with Crippen LogP contribution in [-0.4, -0.2) is 53.4 Å². The molecular formula is C13H25N3OS. The van der Waals surface area contributed by atoms with E-state index >= 15 is 0 Å². The summed E-state index contributed by atoms with van der Waals surface area (Å²) in [6, 6.07) is 0.554. The van der Waals surface area contributed by atoms with Gasteiger partial charge in [0.15, 0.2) is 0 Å². The van der Waals surface area contributed by atoms with Crippen molar-refractivity contribution in [1.82, 2.24) is 9.80 Å². The number of thiocarbonyl (C=S) groups is 1. The third-order valence-electron chi connectivity index (χ3n) is 3.64. The van der Waals surface area contributed by atoms with Crippen molar-refractivity contribution in [3.63, 3.8) is 0 Å². The molecule has 2 N–H and O–H groups in total. The van der Waals surface area contributed by atoms with Crippen molar-refractivity contribution in [2.24, 2.45) is 11.7 Å². The Kier molecular flexibility index (Phi) is 6.02. The molecule has 1 rings (SSSR count). The van der Waals surface area contributed by atoms with E-state index in [9.17, 15) is 4.79 Å². The molecule has 1 unspecified atom stereocenters. The lowest BCUT2D eigenvalue weighted by Crippen LogP contribution is -2.43. The van der Waals surface area contributed by atoms with Gasteiger partial charge >= 0.3 is 0 Å². The molecule has 104 valence electrons. The summed E-state index contributed by atoms with van der Waals surface area (Å²) in [4.78, 5) is 16.6. The van der Waals surface area contributed by atoms with Crippen LogP contribution < -0.4 is 5.73 Å². The molecule has 0 radical (unpaired) electrons. The fraction of sp³-hybridized carbons (Fsp3) is 0.846. The smallest absolute Gasteiger partial charge is 0.236 e. The van der Waals surface area contributed by atoms with Crippen LogP contribution in [0.15, 0.2) is 0 Å². The topological polar surface area (TPSA) is 49.6 Å². The molecule has 0 aliphatic carbocycles. The zero-order chi connectivity index (χ0) is 13.7. The van der Waals surface area contributed by atoms with Crippen LogP contribution in [0.5, 0.6) is 0 Å². The fourth-order valence-corrected chi connectivity index (χ4v) is 2.59. The van der Waals surface area contributed by atoms with E-state index in [-0.39, 0.29) is 5.91 Å². The predicted octanol–water partition coefficient (Wildman–Crippen LogP) is 1.24. The van der Waals surface area contributed by atoms with Gasteiger partial charge in [0.05, 0.1) is 11.5 Å². The lowest BCUT2D eigenvalue weighted by Gasteiger charge is -2.28. The highest BCUT2D eigenvalue weighted by atomic mass is 32.1. The van der Waals surface area contributed by atoms with Crippen molar-refractivity contribution in [1.29, 1.82) is 0 Å². The Morgan fingerprint density at radius 3 is 2.78 bits per heavy atom. The number of carbonyl (C=O) groups excluding carboxylic acids is 1. The molecule has 1 atom stereocenters. The van der Waals surface area contributed by atoms with Crippen molar-refractivity contribution in [2.45, 2.75) is 39.2 Å². The summed E-state index contributed by atoms with van der Waals surface area (Å²) in [5.41, 5.74) is 5.45. The minimum absolute atomic E-state index is 0.166. The largest absolute Gasteiger partial charge is 0.393 e. The highest BCUT2D eigenvalue weighted by Gasteiger charge is 2.28. The van der Waals surface area contributed by atoms with Gasteiger partial charge < -0.3 is 10.6 Å². The maximum absolute atomic E-state index is 12.1. The SMILES string of the molecule is CC(C)C1CCCN1CC(=O)N(C)CCC(N)=S. The second kappa shape index (κ2) is 7.04. The summed E-state index contributed by atoms with van der Waals surface area (Å²) in [6.07, 6.45) is 3.01. The number of likely N-dealkylation sites (N-methyl/N-ethyl adjacent to an activating group) is 1. The molecule has 1 amide bonds. The first kappa shape index (κ1) is 15.4. The number of nitrogens with zero attached hydrogens (tertiary/aromatic N) is 2.